The van der Waals surface area contributed by atoms with Crippen molar-refractivity contribution in [3.8, 4) is 17.2 Å². The Hall–Kier alpha value is -2.63. The molecule has 0 N–H and O–H groups in total. The second kappa shape index (κ2) is 9.90. The van der Waals surface area contributed by atoms with Gasteiger partial charge < -0.3 is 14.0 Å². The van der Waals surface area contributed by atoms with Gasteiger partial charge in [-0.1, -0.05) is 33.8 Å². The van der Waals surface area contributed by atoms with E-state index in [4.69, 9.17) is 4.74 Å². The normalized spacial score (nSPS) is 10.4. The molecule has 0 saturated carbocycles. The third-order valence-electron chi connectivity index (χ3n) is 3.50. The van der Waals surface area contributed by atoms with Crippen molar-refractivity contribution in [2.24, 2.45) is 0 Å². The van der Waals surface area contributed by atoms with Gasteiger partial charge in [-0.05, 0) is 37.3 Å². The second-order valence-corrected chi connectivity index (χ2v) is 5.09. The number of methoxy groups -OCH3 is 1. The molecule has 0 radical (unpaired) electrons. The molecule has 3 aromatic rings. The first-order valence-corrected chi connectivity index (χ1v) is 8.90. The zero-order valence-electron chi connectivity index (χ0n) is 16.5. The maximum absolute atomic E-state index is 12.4. The van der Waals surface area contributed by atoms with Crippen molar-refractivity contribution in [2.45, 2.75) is 41.0 Å². The number of aromatic nitrogens is 1. The summed E-state index contributed by atoms with van der Waals surface area (Å²) in [7, 11) is 1.56. The molecule has 27 heavy (non-hydrogen) atoms. The van der Waals surface area contributed by atoms with Crippen molar-refractivity contribution in [1.82, 2.24) is 4.57 Å². The van der Waals surface area contributed by atoms with E-state index in [0.29, 0.717) is 11.3 Å². The van der Waals surface area contributed by atoms with Crippen molar-refractivity contribution in [3.63, 3.8) is 0 Å². The molecule has 0 aliphatic heterocycles. The Bertz CT molecular complexity index is 854. The average Bonchev–Trinajstić information content (AvgIpc) is 2.99. The highest BCUT2D eigenvalue weighted by Crippen LogP contribution is 2.31. The summed E-state index contributed by atoms with van der Waals surface area (Å²) in [5.74, 6) is 0.429. The SMILES string of the molecule is CC.CC.COc1cccc(-n2c(C)cc3ccc(OC(F)(F)F)cc32)c1. The summed E-state index contributed by atoms with van der Waals surface area (Å²) in [4.78, 5) is 0. The van der Waals surface area contributed by atoms with Crippen LogP contribution in [-0.4, -0.2) is 18.0 Å². The summed E-state index contributed by atoms with van der Waals surface area (Å²) in [6.45, 7) is 9.89. The maximum Gasteiger partial charge on any atom is 0.573 e. The molecule has 0 spiro atoms. The third-order valence-corrected chi connectivity index (χ3v) is 3.50. The predicted molar refractivity (Wildman–Crippen MR) is 104 cm³/mol. The number of nitrogens with zero attached hydrogens (tertiary/aromatic N) is 1. The highest BCUT2D eigenvalue weighted by Gasteiger charge is 2.31. The molecule has 1 aromatic heterocycles. The highest BCUT2D eigenvalue weighted by atomic mass is 19.4. The van der Waals surface area contributed by atoms with Crippen LogP contribution in [0.3, 0.4) is 0 Å². The van der Waals surface area contributed by atoms with Crippen molar-refractivity contribution < 1.29 is 22.6 Å². The Morgan fingerprint density at radius 2 is 1.52 bits per heavy atom. The lowest BCUT2D eigenvalue weighted by atomic mass is 10.2. The van der Waals surface area contributed by atoms with Gasteiger partial charge in [-0.2, -0.15) is 0 Å². The first-order chi connectivity index (χ1) is 12.9. The van der Waals surface area contributed by atoms with Crippen LogP contribution < -0.4 is 9.47 Å². The Morgan fingerprint density at radius 1 is 0.852 bits per heavy atom. The van der Waals surface area contributed by atoms with Crippen LogP contribution in [0.5, 0.6) is 11.5 Å². The Morgan fingerprint density at radius 3 is 2.11 bits per heavy atom. The molecule has 148 valence electrons. The van der Waals surface area contributed by atoms with Crippen LogP contribution in [0.1, 0.15) is 33.4 Å². The van der Waals surface area contributed by atoms with E-state index in [0.717, 1.165) is 16.8 Å². The molecule has 0 saturated heterocycles. The van der Waals surface area contributed by atoms with Gasteiger partial charge in [0.1, 0.15) is 11.5 Å². The highest BCUT2D eigenvalue weighted by molar-refractivity contribution is 5.84. The van der Waals surface area contributed by atoms with Gasteiger partial charge in [0, 0.05) is 28.9 Å². The van der Waals surface area contributed by atoms with Crippen molar-refractivity contribution >= 4 is 10.9 Å². The number of aryl methyl sites for hydroxylation is 1. The Labute approximate surface area is 158 Å². The number of hydrogen-bond acceptors (Lipinski definition) is 2. The second-order valence-electron chi connectivity index (χ2n) is 5.09. The van der Waals surface area contributed by atoms with Gasteiger partial charge in [0.2, 0.25) is 0 Å². The monoisotopic (exact) mass is 381 g/mol. The predicted octanol–water partition coefficient (Wildman–Crippen LogP) is 6.90. The third kappa shape index (κ3) is 5.67. The van der Waals surface area contributed by atoms with E-state index in [1.54, 1.807) is 13.2 Å². The number of ether oxygens (including phenoxy) is 2. The average molecular weight is 381 g/mol. The minimum Gasteiger partial charge on any atom is -0.497 e. The van der Waals surface area contributed by atoms with Crippen LogP contribution in [0, 0.1) is 6.92 Å². The lowest BCUT2D eigenvalue weighted by molar-refractivity contribution is -0.274. The molecule has 0 aliphatic carbocycles. The van der Waals surface area contributed by atoms with E-state index in [-0.39, 0.29) is 5.75 Å². The fourth-order valence-electron chi connectivity index (χ4n) is 2.61. The maximum atomic E-state index is 12.4. The van der Waals surface area contributed by atoms with Gasteiger partial charge in [0.15, 0.2) is 0 Å². The number of hydrogen-bond donors (Lipinski definition) is 0. The van der Waals surface area contributed by atoms with E-state index in [1.165, 1.54) is 12.1 Å². The summed E-state index contributed by atoms with van der Waals surface area (Å²) >= 11 is 0. The van der Waals surface area contributed by atoms with Gasteiger partial charge >= 0.3 is 6.36 Å². The fourth-order valence-corrected chi connectivity index (χ4v) is 2.61. The van der Waals surface area contributed by atoms with E-state index >= 15 is 0 Å². The van der Waals surface area contributed by atoms with Gasteiger partial charge in [0.05, 0.1) is 12.6 Å². The lowest BCUT2D eigenvalue weighted by Gasteiger charge is -2.12. The molecule has 3 nitrogen and oxygen atoms in total. The molecule has 0 amide bonds. The van der Waals surface area contributed by atoms with Crippen molar-refractivity contribution in [1.29, 1.82) is 0 Å². The van der Waals surface area contributed by atoms with Crippen LogP contribution in [0.2, 0.25) is 0 Å². The summed E-state index contributed by atoms with van der Waals surface area (Å²) in [6.07, 6.45) is -4.71. The molecule has 2 aromatic carbocycles. The molecular formula is C21H26F3NO2. The minimum atomic E-state index is -4.71. The quantitative estimate of drug-likeness (QED) is 0.493. The number of rotatable bonds is 3. The molecule has 0 atom stereocenters. The zero-order valence-corrected chi connectivity index (χ0v) is 16.5. The van der Waals surface area contributed by atoms with Crippen LogP contribution >= 0.6 is 0 Å². The lowest BCUT2D eigenvalue weighted by Crippen LogP contribution is -2.17. The summed E-state index contributed by atoms with van der Waals surface area (Å²) < 4.78 is 48.4. The van der Waals surface area contributed by atoms with E-state index in [2.05, 4.69) is 4.74 Å². The van der Waals surface area contributed by atoms with Gasteiger partial charge in [-0.15, -0.1) is 13.2 Å². The Kier molecular flexibility index (Phi) is 8.22. The first kappa shape index (κ1) is 22.4. The first-order valence-electron chi connectivity index (χ1n) is 8.90. The van der Waals surface area contributed by atoms with E-state index in [1.807, 2.05) is 69.5 Å². The minimum absolute atomic E-state index is 0.243. The van der Waals surface area contributed by atoms with Crippen molar-refractivity contribution in [2.75, 3.05) is 7.11 Å². The molecule has 1 heterocycles. The van der Waals surface area contributed by atoms with Crippen molar-refractivity contribution in [3.05, 3.63) is 54.2 Å². The largest absolute Gasteiger partial charge is 0.573 e. The molecule has 0 fully saturated rings. The number of halogens is 3. The van der Waals surface area contributed by atoms with Crippen LogP contribution in [0.4, 0.5) is 13.2 Å². The molecule has 3 rings (SSSR count). The van der Waals surface area contributed by atoms with Crippen LogP contribution in [-0.2, 0) is 0 Å². The van der Waals surface area contributed by atoms with Gasteiger partial charge in [0.25, 0.3) is 0 Å². The number of fused-ring (bicyclic) bond motifs is 1. The molecular weight excluding hydrogens is 355 g/mol. The molecule has 0 bridgehead atoms. The molecule has 0 aliphatic rings. The van der Waals surface area contributed by atoms with Gasteiger partial charge in [-0.25, -0.2) is 0 Å². The smallest absolute Gasteiger partial charge is 0.497 e. The molecule has 6 heteroatoms. The number of alkyl halides is 3. The van der Waals surface area contributed by atoms with Crippen LogP contribution in [0.15, 0.2) is 48.5 Å². The van der Waals surface area contributed by atoms with Gasteiger partial charge in [-0.3, -0.25) is 0 Å². The van der Waals surface area contributed by atoms with E-state index < -0.39 is 6.36 Å². The van der Waals surface area contributed by atoms with Crippen LogP contribution in [0.25, 0.3) is 16.6 Å². The number of benzene rings is 2. The zero-order chi connectivity index (χ0) is 20.6. The topological polar surface area (TPSA) is 23.4 Å². The summed E-state index contributed by atoms with van der Waals surface area (Å²) in [5.41, 5.74) is 2.34. The Balaban J connectivity index is 0.000000855. The molecule has 0 unspecified atom stereocenters. The van der Waals surface area contributed by atoms with E-state index in [9.17, 15) is 13.2 Å². The summed E-state index contributed by atoms with van der Waals surface area (Å²) in [6, 6.07) is 13.5. The fraction of sp³-hybridized carbons (Fsp3) is 0.333. The summed E-state index contributed by atoms with van der Waals surface area (Å²) in [5, 5.41) is 0.833. The standard InChI is InChI=1S/C17H14F3NO2.2C2H6/c1-11-8-12-6-7-15(23-17(18,19)20)10-16(12)21(11)13-4-3-5-14(9-13)22-2;2*1-2/h3-10H,1-2H3;2*1-2H3.